The van der Waals surface area contributed by atoms with Gasteiger partial charge in [-0.3, -0.25) is 0 Å². The molecule has 0 bridgehead atoms. The van der Waals surface area contributed by atoms with E-state index in [4.69, 9.17) is 15.0 Å². The van der Waals surface area contributed by atoms with Crippen LogP contribution < -0.4 is 29.4 Å². The Balaban J connectivity index is 0.000000152. The molecule has 3 aromatic carbocycles. The molecule has 3 aliphatic rings. The maximum absolute atomic E-state index is 4.80. The summed E-state index contributed by atoms with van der Waals surface area (Å²) in [6.07, 6.45) is 5.62. The summed E-state index contributed by atoms with van der Waals surface area (Å²) in [4.78, 5) is 40.1. The summed E-state index contributed by atoms with van der Waals surface area (Å²) in [7, 11) is 5.96. The van der Waals surface area contributed by atoms with Gasteiger partial charge in [0.25, 0.3) is 0 Å². The number of nitrogens with zero attached hydrogens (tertiary/aromatic N) is 12. The molecule has 0 amide bonds. The Kier molecular flexibility index (Phi) is 13.1. The topological polar surface area (TPSA) is 96.8 Å². The van der Waals surface area contributed by atoms with E-state index in [1.165, 1.54) is 0 Å². The summed E-state index contributed by atoms with van der Waals surface area (Å²) in [5.74, 6) is 5.23. The Morgan fingerprint density at radius 2 is 0.836 bits per heavy atom. The van der Waals surface area contributed by atoms with Gasteiger partial charge in [-0.05, 0) is 21.1 Å². The van der Waals surface area contributed by atoms with Crippen molar-refractivity contribution in [1.29, 1.82) is 0 Å². The van der Waals surface area contributed by atoms with Gasteiger partial charge in [-0.25, -0.2) is 29.9 Å². The van der Waals surface area contributed by atoms with Crippen LogP contribution in [0.5, 0.6) is 0 Å². The van der Waals surface area contributed by atoms with Crippen LogP contribution in [0.2, 0.25) is 0 Å². The van der Waals surface area contributed by atoms with Crippen molar-refractivity contribution in [2.45, 2.75) is 78.6 Å². The third-order valence-corrected chi connectivity index (χ3v) is 9.88. The van der Waals surface area contributed by atoms with Crippen LogP contribution in [0.1, 0.15) is 79.5 Å². The molecular weight excluding hydrogens is 937 g/mol. The molecule has 6 heterocycles. The molecule has 0 saturated heterocycles. The predicted octanol–water partition coefficient (Wildman–Crippen LogP) is 9.84. The average molecular weight is 991 g/mol. The first-order valence-corrected chi connectivity index (χ1v) is 20.0. The van der Waals surface area contributed by atoms with E-state index in [1.54, 1.807) is 0 Å². The Bertz CT molecular complexity index is 2120. The van der Waals surface area contributed by atoms with Crippen molar-refractivity contribution in [3.8, 4) is 0 Å². The Morgan fingerprint density at radius 1 is 0.443 bits per heavy atom. The molecule has 0 fully saturated rings. The molecule has 0 spiro atoms. The maximum atomic E-state index is 4.80. The van der Waals surface area contributed by atoms with E-state index in [2.05, 4.69) is 95.5 Å². The number of rotatable bonds is 3. The van der Waals surface area contributed by atoms with Crippen LogP contribution in [0, 0.1) is 38.2 Å². The summed E-state index contributed by atoms with van der Waals surface area (Å²) >= 11 is 0. The summed E-state index contributed by atoms with van der Waals surface area (Å²) in [5.41, 5.74) is 5.80. The van der Waals surface area contributed by atoms with Gasteiger partial charge in [-0.15, -0.1) is 30.4 Å². The number of anilines is 9. The maximum Gasteiger partial charge on any atom is 0.144 e. The first kappa shape index (κ1) is 44.9. The largest absolute Gasteiger partial charge is 0.501 e. The van der Waals surface area contributed by atoms with E-state index in [0.29, 0.717) is 0 Å². The van der Waals surface area contributed by atoms with Crippen molar-refractivity contribution in [3.63, 3.8) is 0 Å². The second-order valence-electron chi connectivity index (χ2n) is 18.0. The van der Waals surface area contributed by atoms with Gasteiger partial charge < -0.3 is 29.4 Å². The molecule has 12 nitrogen and oxygen atoms in total. The van der Waals surface area contributed by atoms with E-state index >= 15 is 0 Å². The van der Waals surface area contributed by atoms with Gasteiger partial charge in [-0.2, -0.15) is 97.7 Å². The van der Waals surface area contributed by atoms with Crippen LogP contribution in [-0.4, -0.2) is 51.0 Å². The van der Waals surface area contributed by atoms with Crippen molar-refractivity contribution in [2.24, 2.45) is 0 Å². The number of hydrogen-bond acceptors (Lipinski definition) is 12. The zero-order valence-electron chi connectivity index (χ0n) is 37.1. The smallest absolute Gasteiger partial charge is 0.144 e. The number of benzene rings is 3. The van der Waals surface area contributed by atoms with Crippen LogP contribution in [0.3, 0.4) is 0 Å². The Labute approximate surface area is 376 Å². The molecule has 0 saturated carbocycles. The van der Waals surface area contributed by atoms with Crippen molar-refractivity contribution < 1.29 is 20.1 Å². The summed E-state index contributed by atoms with van der Waals surface area (Å²) in [6.45, 7) is 25.2. The van der Waals surface area contributed by atoms with E-state index in [1.807, 2.05) is 162 Å². The van der Waals surface area contributed by atoms with Crippen LogP contribution in [-0.2, 0) is 36.4 Å². The minimum Gasteiger partial charge on any atom is -0.501 e. The summed E-state index contributed by atoms with van der Waals surface area (Å²) < 4.78 is 0. The first-order valence-electron chi connectivity index (χ1n) is 20.0. The van der Waals surface area contributed by atoms with E-state index < -0.39 is 0 Å². The Hall–Kier alpha value is -5.65. The normalized spacial score (nSPS) is 14.4. The second-order valence-corrected chi connectivity index (χ2v) is 18.0. The summed E-state index contributed by atoms with van der Waals surface area (Å²) in [5, 5.41) is 0. The summed E-state index contributed by atoms with van der Waals surface area (Å²) in [6, 6.07) is 33.4. The second kappa shape index (κ2) is 17.8. The molecule has 1 radical (unpaired) electrons. The van der Waals surface area contributed by atoms with Gasteiger partial charge >= 0.3 is 0 Å². The molecule has 321 valence electrons. The molecule has 3 aliphatic heterocycles. The number of hydrogen-bond donors (Lipinski definition) is 0. The van der Waals surface area contributed by atoms with Gasteiger partial charge in [0.2, 0.25) is 0 Å². The molecule has 3 aromatic heterocycles. The number of para-hydroxylation sites is 3. The molecule has 6 aromatic rings. The van der Waals surface area contributed by atoms with Crippen LogP contribution in [0.15, 0.2) is 91.4 Å². The fraction of sp³-hybridized carbons (Fsp3) is 0.312. The zero-order valence-corrected chi connectivity index (χ0v) is 39.5. The first-order chi connectivity index (χ1) is 28.4. The average Bonchev–Trinajstić information content (AvgIpc) is 3.87. The van der Waals surface area contributed by atoms with Gasteiger partial charge in [-0.1, -0.05) is 62.3 Å². The van der Waals surface area contributed by atoms with Crippen molar-refractivity contribution in [3.05, 3.63) is 147 Å². The minimum absolute atomic E-state index is 0. The molecule has 61 heavy (non-hydrogen) atoms. The molecule has 0 atom stereocenters. The van der Waals surface area contributed by atoms with Crippen molar-refractivity contribution in [1.82, 2.24) is 29.9 Å². The van der Waals surface area contributed by atoms with Crippen molar-refractivity contribution in [2.75, 3.05) is 50.5 Å². The molecular formula is C48H54IrN12-6. The fourth-order valence-electron chi connectivity index (χ4n) is 6.43. The monoisotopic (exact) mass is 991 g/mol. The quantitative estimate of drug-likeness (QED) is 0.158. The van der Waals surface area contributed by atoms with Gasteiger partial charge in [0.15, 0.2) is 0 Å². The van der Waals surface area contributed by atoms with Crippen molar-refractivity contribution >= 4 is 51.8 Å². The van der Waals surface area contributed by atoms with Crippen LogP contribution in [0.25, 0.3) is 0 Å². The number of fused-ring (bicyclic) bond motifs is 3. The van der Waals surface area contributed by atoms with Gasteiger partial charge in [0.05, 0.1) is 35.7 Å². The molecule has 13 heteroatoms. The van der Waals surface area contributed by atoms with Gasteiger partial charge in [0.1, 0.15) is 34.9 Å². The standard InChI is InChI=1S/3C16H18N4.Ir/c2*1-16(2,3)13-10-17-14-15(18-13)20(11-19(14)4)12-8-6-5-7-9-12;1-16(2,3)15-17-10-13-14(18-15)20(11-19(13)4)12-8-6-5-7-9-12;/h3*5-8,10-11H,1-4H3;/q3*-2;. The Morgan fingerprint density at radius 3 is 1.20 bits per heavy atom. The SMILES string of the molecule is CN1[CH-]N(c2[c-]cccc2)c2nc(C(C)(C)C)cnc21.CN1[CH-]N(c2[c-]cccc2)c2nc(C(C)(C)C)cnc21.CN1[CH-]N(c2[c-]cccc2)c2nc(C(C)(C)C)ncc21.[Ir]. The van der Waals surface area contributed by atoms with E-state index in [-0.39, 0.29) is 36.4 Å². The molecule has 0 aliphatic carbocycles. The zero-order chi connectivity index (χ0) is 43.0. The fourth-order valence-corrected chi connectivity index (χ4v) is 6.43. The van der Waals surface area contributed by atoms with Crippen LogP contribution in [0.4, 0.5) is 51.8 Å². The molecule has 0 unspecified atom stereocenters. The third kappa shape index (κ3) is 9.79. The van der Waals surface area contributed by atoms with E-state index in [9.17, 15) is 0 Å². The van der Waals surface area contributed by atoms with Crippen LogP contribution >= 0.6 is 0 Å². The minimum atomic E-state index is -0.0672. The van der Waals surface area contributed by atoms with E-state index in [0.717, 1.165) is 69.1 Å². The van der Waals surface area contributed by atoms with Gasteiger partial charge in [0, 0.05) is 36.4 Å². The third-order valence-electron chi connectivity index (χ3n) is 9.88. The molecule has 9 rings (SSSR count). The predicted molar refractivity (Wildman–Crippen MR) is 243 cm³/mol. The molecule has 0 N–H and O–H groups in total. The number of aromatic nitrogens is 6.